The number of phenols is 1. The molecule has 3 N–H and O–H groups in total. The number of aromatic hydroxyl groups is 1. The van der Waals surface area contributed by atoms with Crippen LogP contribution in [0.5, 0.6) is 5.75 Å². The van der Waals surface area contributed by atoms with Gasteiger partial charge in [-0.1, -0.05) is 26.8 Å². The lowest BCUT2D eigenvalue weighted by atomic mass is 9.83. The van der Waals surface area contributed by atoms with Gasteiger partial charge < -0.3 is 10.4 Å². The van der Waals surface area contributed by atoms with E-state index >= 15 is 0 Å². The van der Waals surface area contributed by atoms with E-state index in [1.807, 2.05) is 41.5 Å². The molecule has 8 nitrogen and oxygen atoms in total. The Bertz CT molecular complexity index is 999. The van der Waals surface area contributed by atoms with Crippen LogP contribution in [0.15, 0.2) is 27.8 Å². The summed E-state index contributed by atoms with van der Waals surface area (Å²) in [4.78, 5) is 37.4. The molecule has 0 fully saturated rings. The molecule has 1 heterocycles. The number of H-pyrrole nitrogens is 1. The molecular weight excluding hydrogens is 372 g/mol. The Kier molecular flexibility index (Phi) is 6.27. The molecule has 0 aliphatic carbocycles. The molecule has 8 heteroatoms. The maximum absolute atomic E-state index is 13.0. The number of aromatic amines is 1. The Morgan fingerprint density at radius 2 is 1.79 bits per heavy atom. The van der Waals surface area contributed by atoms with Crippen molar-refractivity contribution < 1.29 is 9.90 Å². The first kappa shape index (κ1) is 22.7. The van der Waals surface area contributed by atoms with Crippen LogP contribution in [-0.2, 0) is 17.8 Å². The van der Waals surface area contributed by atoms with Crippen LogP contribution in [0.4, 0.5) is 0 Å². The van der Waals surface area contributed by atoms with Gasteiger partial charge in [0.25, 0.3) is 0 Å². The lowest BCUT2D eigenvalue weighted by molar-refractivity contribution is -0.128. The van der Waals surface area contributed by atoms with Gasteiger partial charge in [-0.3, -0.25) is 4.79 Å². The fourth-order valence-electron chi connectivity index (χ4n) is 3.22. The number of ketones is 1. The molecule has 0 bridgehead atoms. The second-order valence-corrected chi connectivity index (χ2v) is 9.37. The number of hydrogen-bond acceptors (Lipinski definition) is 5. The van der Waals surface area contributed by atoms with Gasteiger partial charge in [0.15, 0.2) is 5.78 Å². The van der Waals surface area contributed by atoms with Crippen molar-refractivity contribution in [3.63, 3.8) is 0 Å². The fraction of sp³-hybridized carbons (Fsp3) is 0.571. The van der Waals surface area contributed by atoms with Gasteiger partial charge in [0.2, 0.25) is 0 Å². The van der Waals surface area contributed by atoms with Crippen molar-refractivity contribution in [3.8, 4) is 11.4 Å². The number of rotatable bonds is 6. The van der Waals surface area contributed by atoms with Crippen molar-refractivity contribution in [2.45, 2.75) is 73.0 Å². The maximum atomic E-state index is 13.0. The van der Waals surface area contributed by atoms with E-state index in [0.29, 0.717) is 6.42 Å². The molecule has 0 aliphatic heterocycles. The fourth-order valence-corrected chi connectivity index (χ4v) is 3.22. The Balaban J connectivity index is 2.47. The Morgan fingerprint density at radius 3 is 2.28 bits per heavy atom. The van der Waals surface area contributed by atoms with E-state index in [2.05, 4.69) is 10.4 Å². The monoisotopic (exact) mass is 404 g/mol. The molecule has 1 aromatic carbocycles. The molecule has 0 spiro atoms. The minimum Gasteiger partial charge on any atom is -0.506 e. The zero-order valence-corrected chi connectivity index (χ0v) is 18.3. The first-order valence-corrected chi connectivity index (χ1v) is 9.80. The van der Waals surface area contributed by atoms with Gasteiger partial charge in [-0.2, -0.15) is 4.68 Å². The number of hydrogen-bond donors (Lipinski definition) is 3. The third-order valence-corrected chi connectivity index (χ3v) is 4.57. The molecule has 0 aliphatic rings. The van der Waals surface area contributed by atoms with Crippen LogP contribution in [0.25, 0.3) is 5.69 Å². The number of Topliss-reactive ketones (excluding diaryl/α,β-unsaturated/α-hetero) is 1. The molecule has 2 rings (SSSR count). The summed E-state index contributed by atoms with van der Waals surface area (Å²) in [5.74, 6) is -0.0624. The minimum atomic E-state index is -0.555. The van der Waals surface area contributed by atoms with E-state index in [9.17, 15) is 19.5 Å². The summed E-state index contributed by atoms with van der Waals surface area (Å²) >= 11 is 0. The van der Waals surface area contributed by atoms with Crippen LogP contribution in [0.2, 0.25) is 0 Å². The van der Waals surface area contributed by atoms with Crippen LogP contribution in [0.1, 0.15) is 54.0 Å². The average Bonchev–Trinajstić information content (AvgIpc) is 2.87. The standard InChI is InChI=1S/C21H32N4O4/c1-8-24-18(28)23-25(19(24)29)15-12-13(9-10-16(15)26)11-14(22-21(5,6)7)17(27)20(2,3)4/h9-10,12,14,22,26H,8,11H2,1-7H3,(H,23,28)/t14-/m0/s1. The molecule has 0 saturated carbocycles. The van der Waals surface area contributed by atoms with Crippen LogP contribution in [0.3, 0.4) is 0 Å². The first-order valence-electron chi connectivity index (χ1n) is 9.80. The Labute approximate surface area is 170 Å². The number of carbonyl (C=O) groups excluding carboxylic acids is 1. The quantitative estimate of drug-likeness (QED) is 0.682. The molecule has 160 valence electrons. The summed E-state index contributed by atoms with van der Waals surface area (Å²) < 4.78 is 2.07. The lowest BCUT2D eigenvalue weighted by Gasteiger charge is -2.32. The predicted molar refractivity (Wildman–Crippen MR) is 113 cm³/mol. The highest BCUT2D eigenvalue weighted by Crippen LogP contribution is 2.24. The number of nitrogens with one attached hydrogen (secondary N) is 2. The summed E-state index contributed by atoms with van der Waals surface area (Å²) in [5.41, 5.74) is -0.962. The molecule has 29 heavy (non-hydrogen) atoms. The SMILES string of the molecule is CCn1c(=O)[nH]n(-c2cc(C[C@H](NC(C)(C)C)C(=O)C(C)(C)C)ccc2O)c1=O. The van der Waals surface area contributed by atoms with Gasteiger partial charge in [-0.25, -0.2) is 19.3 Å². The minimum absolute atomic E-state index is 0.0739. The summed E-state index contributed by atoms with van der Waals surface area (Å²) in [5, 5.41) is 16.1. The Hall–Kier alpha value is -2.61. The topological polar surface area (TPSA) is 109 Å². The van der Waals surface area contributed by atoms with E-state index in [4.69, 9.17) is 0 Å². The Morgan fingerprint density at radius 1 is 1.17 bits per heavy atom. The summed E-state index contributed by atoms with van der Waals surface area (Å²) in [6, 6.07) is 4.36. The van der Waals surface area contributed by atoms with Gasteiger partial charge in [0.05, 0.1) is 6.04 Å². The highest BCUT2D eigenvalue weighted by Gasteiger charge is 2.32. The highest BCUT2D eigenvalue weighted by atomic mass is 16.3. The van der Waals surface area contributed by atoms with Crippen LogP contribution < -0.4 is 16.7 Å². The third-order valence-electron chi connectivity index (χ3n) is 4.57. The van der Waals surface area contributed by atoms with Crippen molar-refractivity contribution in [2.75, 3.05) is 0 Å². The zero-order valence-electron chi connectivity index (χ0n) is 18.3. The largest absolute Gasteiger partial charge is 0.506 e. The summed E-state index contributed by atoms with van der Waals surface area (Å²) in [7, 11) is 0. The van der Waals surface area contributed by atoms with E-state index < -0.39 is 22.8 Å². The summed E-state index contributed by atoms with van der Waals surface area (Å²) in [6.45, 7) is 13.5. The van der Waals surface area contributed by atoms with Crippen molar-refractivity contribution in [1.82, 2.24) is 19.7 Å². The van der Waals surface area contributed by atoms with Crippen LogP contribution >= 0.6 is 0 Å². The van der Waals surface area contributed by atoms with Crippen molar-refractivity contribution >= 4 is 5.78 Å². The highest BCUT2D eigenvalue weighted by molar-refractivity contribution is 5.89. The smallest absolute Gasteiger partial charge is 0.351 e. The molecule has 0 radical (unpaired) electrons. The van der Waals surface area contributed by atoms with Gasteiger partial charge in [0.1, 0.15) is 11.4 Å². The molecule has 1 atom stereocenters. The van der Waals surface area contributed by atoms with Crippen molar-refractivity contribution in [2.24, 2.45) is 5.41 Å². The van der Waals surface area contributed by atoms with Gasteiger partial charge in [-0.05, 0) is 51.8 Å². The normalized spacial score (nSPS) is 13.5. The molecule has 0 unspecified atom stereocenters. The van der Waals surface area contributed by atoms with Crippen molar-refractivity contribution in [3.05, 3.63) is 44.7 Å². The third kappa shape index (κ3) is 5.26. The molecule has 0 saturated heterocycles. The first-order chi connectivity index (χ1) is 13.2. The zero-order chi connectivity index (χ0) is 22.1. The second kappa shape index (κ2) is 8.02. The van der Waals surface area contributed by atoms with Gasteiger partial charge in [-0.15, -0.1) is 0 Å². The molecular formula is C21H32N4O4. The van der Waals surface area contributed by atoms with Gasteiger partial charge in [0, 0.05) is 17.5 Å². The number of benzene rings is 1. The van der Waals surface area contributed by atoms with Crippen LogP contribution in [-0.4, -0.2) is 36.8 Å². The summed E-state index contributed by atoms with van der Waals surface area (Å²) in [6.07, 6.45) is 0.383. The van der Waals surface area contributed by atoms with E-state index in [1.54, 1.807) is 19.1 Å². The molecule has 2 aromatic rings. The van der Waals surface area contributed by atoms with Gasteiger partial charge >= 0.3 is 11.4 Å². The lowest BCUT2D eigenvalue weighted by Crippen LogP contribution is -2.51. The second-order valence-electron chi connectivity index (χ2n) is 9.37. The van der Waals surface area contributed by atoms with E-state index in [1.165, 1.54) is 6.07 Å². The predicted octanol–water partition coefficient (Wildman–Crippen LogP) is 1.97. The average molecular weight is 405 g/mol. The van der Waals surface area contributed by atoms with E-state index in [-0.39, 0.29) is 29.3 Å². The number of carbonyl (C=O) groups is 1. The van der Waals surface area contributed by atoms with Crippen LogP contribution in [0, 0.1) is 5.41 Å². The number of aromatic nitrogens is 3. The van der Waals surface area contributed by atoms with Crippen molar-refractivity contribution in [1.29, 1.82) is 0 Å². The van der Waals surface area contributed by atoms with E-state index in [0.717, 1.165) is 14.8 Å². The number of nitrogens with zero attached hydrogens (tertiary/aromatic N) is 2. The molecule has 0 amide bonds. The molecule has 1 aromatic heterocycles. The number of phenolic OH excluding ortho intramolecular Hbond substituents is 1. The maximum Gasteiger partial charge on any atom is 0.351 e.